The van der Waals surface area contributed by atoms with Crippen LogP contribution >= 0.6 is 15.9 Å². The van der Waals surface area contributed by atoms with Crippen LogP contribution in [-0.2, 0) is 9.59 Å². The second kappa shape index (κ2) is 4.77. The van der Waals surface area contributed by atoms with Crippen LogP contribution in [0.15, 0.2) is 22.7 Å². The summed E-state index contributed by atoms with van der Waals surface area (Å²) in [6, 6.07) is 5.86. The number of rotatable bonds is 2. The Labute approximate surface area is 125 Å². The van der Waals surface area contributed by atoms with Crippen LogP contribution in [0.1, 0.15) is 12.8 Å². The SMILES string of the molecule is CN1CC(=O)N(C2CC(C(=O)O)C2)c2cc(Br)ccc21. The van der Waals surface area contributed by atoms with Gasteiger partial charge in [-0.1, -0.05) is 15.9 Å². The maximum Gasteiger partial charge on any atom is 0.306 e. The fraction of sp³-hybridized carbons (Fsp3) is 0.429. The Morgan fingerprint density at radius 2 is 2.05 bits per heavy atom. The van der Waals surface area contributed by atoms with Gasteiger partial charge >= 0.3 is 5.97 Å². The summed E-state index contributed by atoms with van der Waals surface area (Å²) in [5.41, 5.74) is 1.87. The fourth-order valence-electron chi connectivity index (χ4n) is 2.91. The maximum atomic E-state index is 12.3. The summed E-state index contributed by atoms with van der Waals surface area (Å²) in [5, 5.41) is 8.98. The average molecular weight is 339 g/mol. The van der Waals surface area contributed by atoms with Gasteiger partial charge in [-0.15, -0.1) is 0 Å². The number of benzene rings is 1. The third kappa shape index (κ3) is 2.08. The Balaban J connectivity index is 1.92. The van der Waals surface area contributed by atoms with Crippen molar-refractivity contribution in [1.29, 1.82) is 0 Å². The van der Waals surface area contributed by atoms with E-state index in [1.165, 1.54) is 0 Å². The average Bonchev–Trinajstić information content (AvgIpc) is 2.30. The van der Waals surface area contributed by atoms with Crippen molar-refractivity contribution in [1.82, 2.24) is 0 Å². The van der Waals surface area contributed by atoms with Gasteiger partial charge in [0.15, 0.2) is 0 Å². The Kier molecular flexibility index (Phi) is 3.20. The molecule has 0 unspecified atom stereocenters. The number of carboxylic acid groups (broad SMARTS) is 1. The van der Waals surface area contributed by atoms with E-state index >= 15 is 0 Å². The van der Waals surface area contributed by atoms with Crippen LogP contribution in [0, 0.1) is 5.92 Å². The highest BCUT2D eigenvalue weighted by Gasteiger charge is 2.42. The van der Waals surface area contributed by atoms with Gasteiger partial charge < -0.3 is 14.9 Å². The molecule has 1 saturated carbocycles. The molecular formula is C14H15BrN2O3. The number of halogens is 1. The molecule has 1 amide bonds. The number of fused-ring (bicyclic) bond motifs is 1. The van der Waals surface area contributed by atoms with Gasteiger partial charge in [0.2, 0.25) is 5.91 Å². The van der Waals surface area contributed by atoms with Crippen LogP contribution in [-0.4, -0.2) is 36.6 Å². The predicted octanol–water partition coefficient (Wildman–Crippen LogP) is 2.10. The van der Waals surface area contributed by atoms with E-state index in [-0.39, 0.29) is 17.9 Å². The molecule has 106 valence electrons. The Hall–Kier alpha value is -1.56. The molecule has 1 aromatic carbocycles. The Morgan fingerprint density at radius 1 is 1.35 bits per heavy atom. The zero-order valence-electron chi connectivity index (χ0n) is 11.0. The number of likely N-dealkylation sites (N-methyl/N-ethyl adjacent to an activating group) is 1. The van der Waals surface area contributed by atoms with Crippen molar-refractivity contribution >= 4 is 39.2 Å². The first-order chi connectivity index (χ1) is 9.47. The molecule has 0 bridgehead atoms. The summed E-state index contributed by atoms with van der Waals surface area (Å²) in [5.74, 6) is -1.05. The quantitative estimate of drug-likeness (QED) is 0.896. The van der Waals surface area contributed by atoms with Crippen molar-refractivity contribution in [3.8, 4) is 0 Å². The minimum atomic E-state index is -0.766. The van der Waals surface area contributed by atoms with E-state index in [2.05, 4.69) is 15.9 Å². The summed E-state index contributed by atoms with van der Waals surface area (Å²) in [6.07, 6.45) is 1.08. The van der Waals surface area contributed by atoms with Crippen LogP contribution in [0.4, 0.5) is 11.4 Å². The molecular weight excluding hydrogens is 324 g/mol. The lowest BCUT2D eigenvalue weighted by Gasteiger charge is -2.45. The first-order valence-corrected chi connectivity index (χ1v) is 7.32. The molecule has 0 radical (unpaired) electrons. The van der Waals surface area contributed by atoms with Gasteiger partial charge in [-0.05, 0) is 31.0 Å². The molecule has 0 atom stereocenters. The zero-order chi connectivity index (χ0) is 14.4. The van der Waals surface area contributed by atoms with Crippen LogP contribution in [0.5, 0.6) is 0 Å². The molecule has 2 aliphatic rings. The number of hydrogen-bond acceptors (Lipinski definition) is 3. The largest absolute Gasteiger partial charge is 0.481 e. The summed E-state index contributed by atoms with van der Waals surface area (Å²) < 4.78 is 0.915. The third-order valence-electron chi connectivity index (χ3n) is 4.08. The number of amides is 1. The molecule has 5 nitrogen and oxygen atoms in total. The van der Waals surface area contributed by atoms with E-state index in [0.29, 0.717) is 19.4 Å². The molecule has 1 aromatic rings. The fourth-order valence-corrected chi connectivity index (χ4v) is 3.26. The van der Waals surface area contributed by atoms with E-state index in [0.717, 1.165) is 15.8 Å². The minimum Gasteiger partial charge on any atom is -0.481 e. The summed E-state index contributed by atoms with van der Waals surface area (Å²) in [4.78, 5) is 26.9. The van der Waals surface area contributed by atoms with Crippen molar-refractivity contribution < 1.29 is 14.7 Å². The topological polar surface area (TPSA) is 60.9 Å². The Bertz CT molecular complexity index is 584. The van der Waals surface area contributed by atoms with Crippen molar-refractivity contribution in [2.75, 3.05) is 23.4 Å². The second-order valence-electron chi connectivity index (χ2n) is 5.41. The van der Waals surface area contributed by atoms with Gasteiger partial charge in [0, 0.05) is 17.6 Å². The molecule has 0 saturated heterocycles. The number of carbonyl (C=O) groups excluding carboxylic acids is 1. The van der Waals surface area contributed by atoms with Gasteiger partial charge in [-0.2, -0.15) is 0 Å². The number of carbonyl (C=O) groups is 2. The van der Waals surface area contributed by atoms with E-state index in [4.69, 9.17) is 5.11 Å². The molecule has 1 fully saturated rings. The van der Waals surface area contributed by atoms with Crippen LogP contribution in [0.2, 0.25) is 0 Å². The smallest absolute Gasteiger partial charge is 0.306 e. The lowest BCUT2D eigenvalue weighted by molar-refractivity contribution is -0.145. The number of anilines is 2. The van der Waals surface area contributed by atoms with E-state index in [1.54, 1.807) is 4.90 Å². The third-order valence-corrected chi connectivity index (χ3v) is 4.57. The standard InChI is InChI=1S/C14H15BrN2O3/c1-16-7-13(18)17(10-4-8(5-10)14(19)20)12-6-9(15)2-3-11(12)16/h2-3,6,8,10H,4-5,7H2,1H3,(H,19,20). The lowest BCUT2D eigenvalue weighted by Crippen LogP contribution is -2.54. The van der Waals surface area contributed by atoms with Crippen molar-refractivity contribution in [2.45, 2.75) is 18.9 Å². The zero-order valence-corrected chi connectivity index (χ0v) is 12.6. The normalized spacial score (nSPS) is 25.2. The van der Waals surface area contributed by atoms with E-state index in [1.807, 2.05) is 30.1 Å². The molecule has 0 spiro atoms. The number of nitrogens with zero attached hydrogens (tertiary/aromatic N) is 2. The minimum absolute atomic E-state index is 0.00495. The molecule has 0 aromatic heterocycles. The molecule has 20 heavy (non-hydrogen) atoms. The predicted molar refractivity (Wildman–Crippen MR) is 79.0 cm³/mol. The lowest BCUT2D eigenvalue weighted by atomic mass is 9.79. The summed E-state index contributed by atoms with van der Waals surface area (Å²) >= 11 is 3.43. The van der Waals surface area contributed by atoms with Crippen LogP contribution < -0.4 is 9.80 Å². The molecule has 1 aliphatic heterocycles. The highest BCUT2D eigenvalue weighted by molar-refractivity contribution is 9.10. The molecule has 3 rings (SSSR count). The van der Waals surface area contributed by atoms with Crippen molar-refractivity contribution in [2.24, 2.45) is 5.92 Å². The molecule has 1 N–H and O–H groups in total. The van der Waals surface area contributed by atoms with Gasteiger partial charge in [-0.25, -0.2) is 0 Å². The van der Waals surface area contributed by atoms with Gasteiger partial charge in [0.05, 0.1) is 23.8 Å². The first-order valence-electron chi connectivity index (χ1n) is 6.53. The molecule has 1 heterocycles. The molecule has 6 heteroatoms. The maximum absolute atomic E-state index is 12.3. The van der Waals surface area contributed by atoms with Crippen molar-refractivity contribution in [3.63, 3.8) is 0 Å². The monoisotopic (exact) mass is 338 g/mol. The summed E-state index contributed by atoms with van der Waals surface area (Å²) in [7, 11) is 1.89. The van der Waals surface area contributed by atoms with Crippen LogP contribution in [0.25, 0.3) is 0 Å². The van der Waals surface area contributed by atoms with Crippen LogP contribution in [0.3, 0.4) is 0 Å². The van der Waals surface area contributed by atoms with Crippen molar-refractivity contribution in [3.05, 3.63) is 22.7 Å². The highest BCUT2D eigenvalue weighted by atomic mass is 79.9. The Morgan fingerprint density at radius 3 is 2.70 bits per heavy atom. The van der Waals surface area contributed by atoms with Gasteiger partial charge in [-0.3, -0.25) is 9.59 Å². The molecule has 1 aliphatic carbocycles. The van der Waals surface area contributed by atoms with Gasteiger partial charge in [0.25, 0.3) is 0 Å². The van der Waals surface area contributed by atoms with Gasteiger partial charge in [0.1, 0.15) is 0 Å². The first kappa shape index (κ1) is 13.4. The number of aliphatic carboxylic acids is 1. The van der Waals surface area contributed by atoms with E-state index in [9.17, 15) is 9.59 Å². The second-order valence-corrected chi connectivity index (χ2v) is 6.33. The number of carboxylic acids is 1. The number of hydrogen-bond donors (Lipinski definition) is 1. The summed E-state index contributed by atoms with van der Waals surface area (Å²) in [6.45, 7) is 0.336. The highest BCUT2D eigenvalue weighted by Crippen LogP contribution is 2.41. The van der Waals surface area contributed by atoms with E-state index < -0.39 is 5.97 Å².